The minimum absolute atomic E-state index is 0.0120. The molecule has 1 amide bonds. The fourth-order valence-corrected chi connectivity index (χ4v) is 4.44. The molecule has 5 heteroatoms. The van der Waals surface area contributed by atoms with Gasteiger partial charge in [-0.25, -0.2) is 0 Å². The highest BCUT2D eigenvalue weighted by Gasteiger charge is 2.35. The summed E-state index contributed by atoms with van der Waals surface area (Å²) in [6, 6.07) is 15.2. The monoisotopic (exact) mass is 412 g/mol. The second-order valence-corrected chi connectivity index (χ2v) is 8.41. The van der Waals surface area contributed by atoms with Crippen LogP contribution in [0.25, 0.3) is 0 Å². The quantitative estimate of drug-likeness (QED) is 0.566. The minimum atomic E-state index is -0.599. The molecule has 0 N–H and O–H groups in total. The highest BCUT2D eigenvalue weighted by atomic mass is 35.5. The number of ether oxygens (including phenoxy) is 1. The van der Waals surface area contributed by atoms with Crippen molar-refractivity contribution in [2.24, 2.45) is 0 Å². The van der Waals surface area contributed by atoms with Gasteiger partial charge in [0.25, 0.3) is 5.91 Å². The van der Waals surface area contributed by atoms with Crippen LogP contribution in [0.1, 0.15) is 50.2 Å². The topological polar surface area (TPSA) is 32.8 Å². The van der Waals surface area contributed by atoms with Gasteiger partial charge in [-0.05, 0) is 63.5 Å². The molecule has 0 saturated carbocycles. The Bertz CT molecular complexity index is 821. The summed E-state index contributed by atoms with van der Waals surface area (Å²) < 4.78 is 6.07. The van der Waals surface area contributed by atoms with Crippen LogP contribution >= 0.6 is 11.6 Å². The normalized spacial score (nSPS) is 19.7. The smallest absolute Gasteiger partial charge is 0.272 e. The molecule has 2 aromatic rings. The van der Waals surface area contributed by atoms with E-state index in [-0.39, 0.29) is 5.91 Å². The van der Waals surface area contributed by atoms with Gasteiger partial charge in [-0.15, -0.1) is 0 Å². The van der Waals surface area contributed by atoms with Gasteiger partial charge in [0.2, 0.25) is 6.10 Å². The third kappa shape index (κ3) is 4.93. The van der Waals surface area contributed by atoms with Crippen molar-refractivity contribution in [2.45, 2.75) is 44.6 Å². The summed E-state index contributed by atoms with van der Waals surface area (Å²) in [5.74, 6) is 0.707. The molecular formula is C24H29ClN2O2. The van der Waals surface area contributed by atoms with E-state index < -0.39 is 6.10 Å². The molecule has 2 aromatic carbocycles. The lowest BCUT2D eigenvalue weighted by Crippen LogP contribution is -2.41. The van der Waals surface area contributed by atoms with E-state index in [0.717, 1.165) is 29.8 Å². The van der Waals surface area contributed by atoms with Crippen molar-refractivity contribution in [1.82, 2.24) is 4.90 Å². The van der Waals surface area contributed by atoms with Crippen molar-refractivity contribution in [3.8, 4) is 5.75 Å². The van der Waals surface area contributed by atoms with Gasteiger partial charge in [-0.3, -0.25) is 4.79 Å². The minimum Gasteiger partial charge on any atom is -0.474 e. The Hall–Kier alpha value is -2.04. The van der Waals surface area contributed by atoms with Crippen LogP contribution in [0, 0.1) is 0 Å². The molecule has 1 atom stereocenters. The molecule has 0 aromatic heterocycles. The van der Waals surface area contributed by atoms with Crippen LogP contribution in [0.2, 0.25) is 5.02 Å². The second-order valence-electron chi connectivity index (χ2n) is 7.97. The van der Waals surface area contributed by atoms with Crippen molar-refractivity contribution < 1.29 is 9.53 Å². The Morgan fingerprint density at radius 3 is 2.48 bits per heavy atom. The molecule has 4 nitrogen and oxygen atoms in total. The maximum Gasteiger partial charge on any atom is 0.272 e. The summed E-state index contributed by atoms with van der Waals surface area (Å²) in [4.78, 5) is 17.7. The number of carbonyl (C=O) groups excluding carboxylic acids is 1. The molecule has 1 unspecified atom stereocenters. The molecule has 1 saturated heterocycles. The lowest BCUT2D eigenvalue weighted by molar-refractivity contribution is -0.126. The summed E-state index contributed by atoms with van der Waals surface area (Å²) >= 11 is 6.21. The molecule has 2 aliphatic heterocycles. The number of amides is 1. The fourth-order valence-electron chi connectivity index (χ4n) is 4.27. The Labute approximate surface area is 178 Å². The maximum absolute atomic E-state index is 13.3. The van der Waals surface area contributed by atoms with Crippen LogP contribution in [0.15, 0.2) is 48.5 Å². The van der Waals surface area contributed by atoms with Crippen molar-refractivity contribution in [3.63, 3.8) is 0 Å². The lowest BCUT2D eigenvalue weighted by Gasteiger charge is -2.35. The number of nitrogens with zero attached hydrogens (tertiary/aromatic N) is 2. The number of fused-ring (bicyclic) bond motifs is 1. The zero-order chi connectivity index (χ0) is 20.1. The SMILES string of the molecule is O=C1C(c2ccccc2)Oc2ccc(Cl)cc2N1CCCCCN1CCCCC1. The van der Waals surface area contributed by atoms with Crippen LogP contribution in [0.5, 0.6) is 5.75 Å². The molecule has 1 fully saturated rings. The Morgan fingerprint density at radius 1 is 0.931 bits per heavy atom. The van der Waals surface area contributed by atoms with Crippen molar-refractivity contribution in [3.05, 3.63) is 59.1 Å². The molecule has 0 radical (unpaired) electrons. The van der Waals surface area contributed by atoms with E-state index in [2.05, 4.69) is 4.90 Å². The van der Waals surface area contributed by atoms with Crippen molar-refractivity contribution in [1.29, 1.82) is 0 Å². The van der Waals surface area contributed by atoms with E-state index in [1.165, 1.54) is 45.3 Å². The van der Waals surface area contributed by atoms with Crippen LogP contribution < -0.4 is 9.64 Å². The number of rotatable bonds is 7. The van der Waals surface area contributed by atoms with Gasteiger partial charge in [0.1, 0.15) is 5.75 Å². The predicted octanol–water partition coefficient (Wildman–Crippen LogP) is 5.46. The van der Waals surface area contributed by atoms with Gasteiger partial charge in [0, 0.05) is 17.1 Å². The summed E-state index contributed by atoms with van der Waals surface area (Å²) in [7, 11) is 0. The summed E-state index contributed by atoms with van der Waals surface area (Å²) in [5, 5.41) is 0.619. The fraction of sp³-hybridized carbons (Fsp3) is 0.458. The van der Waals surface area contributed by atoms with Gasteiger partial charge in [0.05, 0.1) is 5.69 Å². The Morgan fingerprint density at radius 2 is 1.69 bits per heavy atom. The van der Waals surface area contributed by atoms with Crippen molar-refractivity contribution in [2.75, 3.05) is 31.1 Å². The summed E-state index contributed by atoms with van der Waals surface area (Å²) in [6.45, 7) is 4.35. The van der Waals surface area contributed by atoms with Gasteiger partial charge in [-0.1, -0.05) is 54.8 Å². The standard InChI is InChI=1S/C24H29ClN2O2/c25-20-12-13-22-21(18-20)27(17-9-3-8-16-26-14-6-2-7-15-26)24(28)23(29-22)19-10-4-1-5-11-19/h1,4-5,10-13,18,23H,2-3,6-9,14-17H2. The number of halogens is 1. The Kier molecular flexibility index (Phi) is 6.73. The maximum atomic E-state index is 13.3. The lowest BCUT2D eigenvalue weighted by atomic mass is 10.0. The number of benzene rings is 2. The van der Waals surface area contributed by atoms with Gasteiger partial charge >= 0.3 is 0 Å². The summed E-state index contributed by atoms with van der Waals surface area (Å²) in [6.07, 6.45) is 6.73. The first-order valence-corrected chi connectivity index (χ1v) is 11.1. The number of hydrogen-bond acceptors (Lipinski definition) is 3. The predicted molar refractivity (Wildman–Crippen MR) is 118 cm³/mol. The molecule has 154 valence electrons. The van der Waals surface area contributed by atoms with Crippen LogP contribution in [-0.2, 0) is 4.79 Å². The zero-order valence-corrected chi connectivity index (χ0v) is 17.6. The van der Waals surface area contributed by atoms with E-state index in [9.17, 15) is 4.79 Å². The molecule has 0 aliphatic carbocycles. The molecular weight excluding hydrogens is 384 g/mol. The number of unbranched alkanes of at least 4 members (excludes halogenated alkanes) is 2. The average Bonchev–Trinajstić information content (AvgIpc) is 2.76. The van der Waals surface area contributed by atoms with Gasteiger partial charge in [-0.2, -0.15) is 0 Å². The third-order valence-corrected chi connectivity index (χ3v) is 6.09. The van der Waals surface area contributed by atoms with Crippen LogP contribution in [-0.4, -0.2) is 37.0 Å². The molecule has 2 aliphatic rings. The number of likely N-dealkylation sites (tertiary alicyclic amines) is 1. The van der Waals surface area contributed by atoms with E-state index in [0.29, 0.717) is 11.6 Å². The van der Waals surface area contributed by atoms with Crippen LogP contribution in [0.4, 0.5) is 5.69 Å². The zero-order valence-electron chi connectivity index (χ0n) is 16.9. The van der Waals surface area contributed by atoms with Gasteiger partial charge in [0.15, 0.2) is 0 Å². The molecule has 29 heavy (non-hydrogen) atoms. The molecule has 4 rings (SSSR count). The van der Waals surface area contributed by atoms with Crippen LogP contribution in [0.3, 0.4) is 0 Å². The molecule has 0 bridgehead atoms. The van der Waals surface area contributed by atoms with Gasteiger partial charge < -0.3 is 14.5 Å². The highest BCUT2D eigenvalue weighted by molar-refractivity contribution is 6.31. The average molecular weight is 413 g/mol. The van der Waals surface area contributed by atoms with E-state index in [4.69, 9.17) is 16.3 Å². The first kappa shape index (κ1) is 20.2. The van der Waals surface area contributed by atoms with Crippen molar-refractivity contribution >= 4 is 23.2 Å². The van der Waals surface area contributed by atoms with E-state index in [1.807, 2.05) is 53.4 Å². The molecule has 0 spiro atoms. The number of carbonyl (C=O) groups is 1. The summed E-state index contributed by atoms with van der Waals surface area (Å²) in [5.41, 5.74) is 1.67. The second kappa shape index (κ2) is 9.64. The number of piperidine rings is 1. The van der Waals surface area contributed by atoms with E-state index >= 15 is 0 Å². The largest absolute Gasteiger partial charge is 0.474 e. The van der Waals surface area contributed by atoms with E-state index in [1.54, 1.807) is 0 Å². The third-order valence-electron chi connectivity index (χ3n) is 5.85. The number of anilines is 1. The first-order valence-electron chi connectivity index (χ1n) is 10.8. The first-order chi connectivity index (χ1) is 14.2. The Balaban J connectivity index is 1.41. The number of hydrogen-bond donors (Lipinski definition) is 0. The molecule has 2 heterocycles. The highest BCUT2D eigenvalue weighted by Crippen LogP contribution is 2.40.